The van der Waals surface area contributed by atoms with E-state index in [0.29, 0.717) is 25.9 Å². The van der Waals surface area contributed by atoms with Crippen molar-refractivity contribution in [3.05, 3.63) is 59.7 Å². The molecular formula is C28H34N2O5. The molecule has 0 radical (unpaired) electrons. The van der Waals surface area contributed by atoms with Gasteiger partial charge in [-0.05, 0) is 53.9 Å². The van der Waals surface area contributed by atoms with Crippen LogP contribution in [0.1, 0.15) is 62.0 Å². The van der Waals surface area contributed by atoms with Gasteiger partial charge in [-0.3, -0.25) is 9.59 Å². The van der Waals surface area contributed by atoms with Crippen LogP contribution in [0.5, 0.6) is 0 Å². The molecule has 1 saturated carbocycles. The van der Waals surface area contributed by atoms with Gasteiger partial charge in [0.1, 0.15) is 6.61 Å². The normalized spacial score (nSPS) is 18.9. The van der Waals surface area contributed by atoms with Crippen molar-refractivity contribution in [2.45, 2.75) is 50.9 Å². The van der Waals surface area contributed by atoms with Gasteiger partial charge in [0.15, 0.2) is 0 Å². The summed E-state index contributed by atoms with van der Waals surface area (Å²) in [5, 5.41) is 14.6. The molecular weight excluding hydrogens is 444 g/mol. The Morgan fingerprint density at radius 3 is 2.23 bits per heavy atom. The van der Waals surface area contributed by atoms with Gasteiger partial charge in [0.2, 0.25) is 5.91 Å². The monoisotopic (exact) mass is 478 g/mol. The molecule has 2 atom stereocenters. The third-order valence-electron chi connectivity index (χ3n) is 7.21. The molecule has 7 nitrogen and oxygen atoms in total. The number of ether oxygens (including phenoxy) is 1. The van der Waals surface area contributed by atoms with Gasteiger partial charge in [-0.25, -0.2) is 4.79 Å². The van der Waals surface area contributed by atoms with Crippen molar-refractivity contribution < 1.29 is 24.2 Å². The molecule has 4 rings (SSSR count). The molecule has 0 bridgehead atoms. The Kier molecular flexibility index (Phi) is 8.40. The second kappa shape index (κ2) is 11.9. The first-order valence-electron chi connectivity index (χ1n) is 12.6. The van der Waals surface area contributed by atoms with Gasteiger partial charge in [-0.1, -0.05) is 61.4 Å². The second-order valence-electron chi connectivity index (χ2n) is 9.50. The van der Waals surface area contributed by atoms with Crippen LogP contribution in [0.4, 0.5) is 4.79 Å². The van der Waals surface area contributed by atoms with Gasteiger partial charge in [-0.15, -0.1) is 0 Å². The zero-order valence-electron chi connectivity index (χ0n) is 20.0. The number of unbranched alkanes of at least 4 members (excludes halogenated alkanes) is 1. The van der Waals surface area contributed by atoms with E-state index < -0.39 is 12.1 Å². The highest BCUT2D eigenvalue weighted by Gasteiger charge is 2.32. The van der Waals surface area contributed by atoms with Gasteiger partial charge >= 0.3 is 12.1 Å². The molecule has 0 aliphatic heterocycles. The molecule has 0 saturated heterocycles. The van der Waals surface area contributed by atoms with Gasteiger partial charge < -0.3 is 20.5 Å². The van der Waals surface area contributed by atoms with Crippen molar-refractivity contribution in [3.8, 4) is 11.1 Å². The fraction of sp³-hybridized carbons (Fsp3) is 0.464. The number of fused-ring (bicyclic) bond motifs is 3. The third-order valence-corrected chi connectivity index (χ3v) is 7.21. The lowest BCUT2D eigenvalue weighted by Crippen LogP contribution is -2.42. The Labute approximate surface area is 206 Å². The summed E-state index contributed by atoms with van der Waals surface area (Å²) in [6, 6.07) is 16.5. The summed E-state index contributed by atoms with van der Waals surface area (Å²) in [7, 11) is 0. The van der Waals surface area contributed by atoms with E-state index in [1.165, 1.54) is 22.3 Å². The number of benzene rings is 2. The van der Waals surface area contributed by atoms with Crippen LogP contribution < -0.4 is 10.6 Å². The quantitative estimate of drug-likeness (QED) is 0.429. The second-order valence-corrected chi connectivity index (χ2v) is 9.50. The first-order chi connectivity index (χ1) is 17.0. The molecule has 2 aliphatic carbocycles. The predicted molar refractivity (Wildman–Crippen MR) is 133 cm³/mol. The zero-order chi connectivity index (χ0) is 24.6. The molecule has 0 aromatic heterocycles. The van der Waals surface area contributed by atoms with Crippen LogP contribution in [0.25, 0.3) is 11.1 Å². The van der Waals surface area contributed by atoms with Crippen LogP contribution >= 0.6 is 0 Å². The maximum atomic E-state index is 12.7. The highest BCUT2D eigenvalue weighted by molar-refractivity contribution is 5.80. The highest BCUT2D eigenvalue weighted by atomic mass is 16.5. The number of carboxylic acid groups (broad SMARTS) is 1. The fourth-order valence-corrected chi connectivity index (χ4v) is 5.40. The fourth-order valence-electron chi connectivity index (χ4n) is 5.40. The Balaban J connectivity index is 1.25. The molecule has 7 heteroatoms. The maximum Gasteiger partial charge on any atom is 0.407 e. The van der Waals surface area contributed by atoms with Gasteiger partial charge in [-0.2, -0.15) is 0 Å². The third kappa shape index (κ3) is 6.21. The summed E-state index contributed by atoms with van der Waals surface area (Å²) >= 11 is 0. The number of nitrogens with one attached hydrogen (secondary N) is 2. The molecule has 1 fully saturated rings. The van der Waals surface area contributed by atoms with Crippen molar-refractivity contribution >= 4 is 18.0 Å². The first kappa shape index (κ1) is 24.8. The van der Waals surface area contributed by atoms with Gasteiger partial charge in [0.25, 0.3) is 0 Å². The standard InChI is InChI=1S/C28H34N2O5/c31-26(32)15-7-8-16-29-27(33)20-10-2-1-9-19(20)17-30-28(34)35-18-25-23-13-5-3-11-21(23)22-12-4-6-14-24(22)25/h3-6,11-14,19-20,25H,1-2,7-10,15-18H2,(H,29,33)(H,30,34)(H,31,32)/t19-,20-/m0/s1. The number of rotatable bonds is 10. The Morgan fingerprint density at radius 1 is 0.886 bits per heavy atom. The Bertz CT molecular complexity index is 1010. The van der Waals surface area contributed by atoms with Gasteiger partial charge in [0, 0.05) is 31.3 Å². The summed E-state index contributed by atoms with van der Waals surface area (Å²) in [5.74, 6) is -0.870. The van der Waals surface area contributed by atoms with E-state index in [1.807, 2.05) is 24.3 Å². The molecule has 35 heavy (non-hydrogen) atoms. The molecule has 0 heterocycles. The van der Waals surface area contributed by atoms with Gasteiger partial charge in [0.05, 0.1) is 0 Å². The number of carboxylic acids is 1. The minimum absolute atomic E-state index is 0.000591. The summed E-state index contributed by atoms with van der Waals surface area (Å²) in [6.07, 6.45) is 4.59. The van der Waals surface area contributed by atoms with E-state index in [9.17, 15) is 14.4 Å². The van der Waals surface area contributed by atoms with Crippen molar-refractivity contribution in [3.63, 3.8) is 0 Å². The largest absolute Gasteiger partial charge is 0.481 e. The van der Waals surface area contributed by atoms with E-state index in [2.05, 4.69) is 34.9 Å². The zero-order valence-corrected chi connectivity index (χ0v) is 20.0. The van der Waals surface area contributed by atoms with Crippen molar-refractivity contribution in [1.29, 1.82) is 0 Å². The minimum atomic E-state index is -0.817. The highest BCUT2D eigenvalue weighted by Crippen LogP contribution is 2.44. The lowest BCUT2D eigenvalue weighted by Gasteiger charge is -2.30. The molecule has 2 aliphatic rings. The van der Waals surface area contributed by atoms with E-state index in [0.717, 1.165) is 25.7 Å². The van der Waals surface area contributed by atoms with E-state index in [1.54, 1.807) is 0 Å². The predicted octanol–water partition coefficient (Wildman–Crippen LogP) is 4.70. The molecule has 2 amide bonds. The number of carbonyl (C=O) groups is 3. The van der Waals surface area contributed by atoms with Crippen LogP contribution in [0.2, 0.25) is 0 Å². The van der Waals surface area contributed by atoms with E-state index in [4.69, 9.17) is 9.84 Å². The van der Waals surface area contributed by atoms with E-state index in [-0.39, 0.29) is 36.7 Å². The smallest absolute Gasteiger partial charge is 0.407 e. The van der Waals surface area contributed by atoms with Crippen LogP contribution in [0.15, 0.2) is 48.5 Å². The number of alkyl carbamates (subject to hydrolysis) is 1. The number of carbonyl (C=O) groups excluding carboxylic acids is 2. The Hall–Kier alpha value is -3.35. The summed E-state index contributed by atoms with van der Waals surface area (Å²) < 4.78 is 5.64. The van der Waals surface area contributed by atoms with Crippen molar-refractivity contribution in [1.82, 2.24) is 10.6 Å². The lowest BCUT2D eigenvalue weighted by molar-refractivity contribution is -0.137. The van der Waals surface area contributed by atoms with Crippen LogP contribution in [0, 0.1) is 11.8 Å². The summed E-state index contributed by atoms with van der Waals surface area (Å²) in [6.45, 7) is 1.16. The molecule has 3 N–H and O–H groups in total. The lowest BCUT2D eigenvalue weighted by atomic mass is 9.78. The average molecular weight is 479 g/mol. The number of amides is 2. The number of hydrogen-bond donors (Lipinski definition) is 3. The van der Waals surface area contributed by atoms with E-state index >= 15 is 0 Å². The molecule has 2 aromatic carbocycles. The van der Waals surface area contributed by atoms with Crippen LogP contribution in [-0.2, 0) is 14.3 Å². The molecule has 186 valence electrons. The van der Waals surface area contributed by atoms with Crippen LogP contribution in [-0.4, -0.2) is 42.8 Å². The van der Waals surface area contributed by atoms with Crippen LogP contribution in [0.3, 0.4) is 0 Å². The number of hydrogen-bond acceptors (Lipinski definition) is 4. The van der Waals surface area contributed by atoms with Crippen molar-refractivity contribution in [2.24, 2.45) is 11.8 Å². The molecule has 0 unspecified atom stereocenters. The molecule has 0 spiro atoms. The maximum absolute atomic E-state index is 12.7. The topological polar surface area (TPSA) is 105 Å². The van der Waals surface area contributed by atoms with Crippen molar-refractivity contribution in [2.75, 3.05) is 19.7 Å². The minimum Gasteiger partial charge on any atom is -0.481 e. The molecule has 2 aromatic rings. The summed E-state index contributed by atoms with van der Waals surface area (Å²) in [4.78, 5) is 35.9. The Morgan fingerprint density at radius 2 is 1.54 bits per heavy atom. The number of aliphatic carboxylic acids is 1. The SMILES string of the molecule is O=C(O)CCCCNC(=O)[C@H]1CCCC[C@H]1CNC(=O)OCC1c2ccccc2-c2ccccc21. The average Bonchev–Trinajstić information content (AvgIpc) is 3.19. The first-order valence-corrected chi connectivity index (χ1v) is 12.6. The summed E-state index contributed by atoms with van der Waals surface area (Å²) in [5.41, 5.74) is 4.73.